The van der Waals surface area contributed by atoms with Crippen molar-refractivity contribution in [1.82, 2.24) is 0 Å². The number of benzene rings is 1. The first-order chi connectivity index (χ1) is 7.15. The molecule has 1 aliphatic rings. The van der Waals surface area contributed by atoms with Crippen LogP contribution in [0.1, 0.15) is 37.4 Å². The van der Waals surface area contributed by atoms with E-state index in [9.17, 15) is 5.11 Å². The number of hydrogen-bond acceptors (Lipinski definition) is 1. The van der Waals surface area contributed by atoms with Gasteiger partial charge in [0.2, 0.25) is 0 Å². The van der Waals surface area contributed by atoms with Crippen molar-refractivity contribution in [3.05, 3.63) is 33.3 Å². The number of halogens is 2. The van der Waals surface area contributed by atoms with Crippen molar-refractivity contribution in [3.8, 4) is 0 Å². The van der Waals surface area contributed by atoms with Crippen molar-refractivity contribution in [2.24, 2.45) is 5.92 Å². The number of hydrogen-bond donors (Lipinski definition) is 1. The number of rotatable bonds is 4. The van der Waals surface area contributed by atoms with Crippen LogP contribution < -0.4 is 0 Å². The SMILES string of the molecule is OC(CCC1CC1)c1cc(Cl)cc(Br)c1. The molecule has 1 N–H and O–H groups in total. The molecular formula is C12H14BrClO. The molecule has 1 atom stereocenters. The quantitative estimate of drug-likeness (QED) is 0.875. The van der Waals surface area contributed by atoms with Gasteiger partial charge in [-0.05, 0) is 42.5 Å². The standard InChI is InChI=1S/C12H14BrClO/c13-10-5-9(6-11(14)7-10)12(15)4-3-8-1-2-8/h5-8,12,15H,1-4H2. The lowest BCUT2D eigenvalue weighted by atomic mass is 10.0. The second-order valence-corrected chi connectivity index (χ2v) is 5.59. The normalized spacial score (nSPS) is 17.8. The van der Waals surface area contributed by atoms with Crippen molar-refractivity contribution in [1.29, 1.82) is 0 Å². The molecule has 0 saturated heterocycles. The fourth-order valence-corrected chi connectivity index (χ4v) is 2.62. The molecule has 0 bridgehead atoms. The molecule has 1 aliphatic carbocycles. The summed E-state index contributed by atoms with van der Waals surface area (Å²) in [6, 6.07) is 5.60. The van der Waals surface area contributed by atoms with Crippen molar-refractivity contribution < 1.29 is 5.11 Å². The molecule has 2 rings (SSSR count). The average Bonchev–Trinajstić information content (AvgIpc) is 2.96. The Labute approximate surface area is 104 Å². The van der Waals surface area contributed by atoms with Crippen molar-refractivity contribution in [2.45, 2.75) is 31.8 Å². The predicted octanol–water partition coefficient (Wildman–Crippen LogP) is 4.33. The second-order valence-electron chi connectivity index (χ2n) is 4.24. The highest BCUT2D eigenvalue weighted by atomic mass is 79.9. The Morgan fingerprint density at radius 1 is 1.40 bits per heavy atom. The van der Waals surface area contributed by atoms with E-state index >= 15 is 0 Å². The van der Waals surface area contributed by atoms with E-state index in [1.165, 1.54) is 12.8 Å². The molecule has 1 aromatic rings. The molecule has 0 aromatic heterocycles. The lowest BCUT2D eigenvalue weighted by Crippen LogP contribution is -1.98. The zero-order valence-electron chi connectivity index (χ0n) is 8.42. The van der Waals surface area contributed by atoms with Crippen molar-refractivity contribution in [2.75, 3.05) is 0 Å². The van der Waals surface area contributed by atoms with Gasteiger partial charge in [-0.15, -0.1) is 0 Å². The Hall–Kier alpha value is -0.0500. The van der Waals surface area contributed by atoms with Crippen molar-refractivity contribution >= 4 is 27.5 Å². The molecule has 1 saturated carbocycles. The largest absolute Gasteiger partial charge is 0.388 e. The molecule has 0 amide bonds. The zero-order valence-corrected chi connectivity index (χ0v) is 10.8. The van der Waals surface area contributed by atoms with Crippen LogP contribution >= 0.6 is 27.5 Å². The third-order valence-electron chi connectivity index (χ3n) is 2.81. The van der Waals surface area contributed by atoms with Gasteiger partial charge in [-0.25, -0.2) is 0 Å². The Bertz CT molecular complexity index is 329. The lowest BCUT2D eigenvalue weighted by molar-refractivity contribution is 0.162. The lowest BCUT2D eigenvalue weighted by Gasteiger charge is -2.11. The predicted molar refractivity (Wildman–Crippen MR) is 66.1 cm³/mol. The first-order valence-corrected chi connectivity index (χ1v) is 6.46. The Morgan fingerprint density at radius 3 is 2.73 bits per heavy atom. The van der Waals surface area contributed by atoms with Crippen LogP contribution in [0.2, 0.25) is 5.02 Å². The number of aliphatic hydroxyl groups excluding tert-OH is 1. The molecule has 1 unspecified atom stereocenters. The van der Waals surface area contributed by atoms with Crippen LogP contribution in [0.25, 0.3) is 0 Å². The summed E-state index contributed by atoms with van der Waals surface area (Å²) in [5.74, 6) is 0.863. The van der Waals surface area contributed by atoms with Gasteiger partial charge in [0.25, 0.3) is 0 Å². The van der Waals surface area contributed by atoms with Gasteiger partial charge >= 0.3 is 0 Å². The summed E-state index contributed by atoms with van der Waals surface area (Å²) < 4.78 is 0.926. The highest BCUT2D eigenvalue weighted by Gasteiger charge is 2.22. The van der Waals surface area contributed by atoms with Crippen LogP contribution in [-0.2, 0) is 0 Å². The van der Waals surface area contributed by atoms with E-state index in [2.05, 4.69) is 15.9 Å². The van der Waals surface area contributed by atoms with Crippen LogP contribution in [0.5, 0.6) is 0 Å². The molecule has 1 aromatic carbocycles. The molecule has 3 heteroatoms. The maximum atomic E-state index is 9.97. The summed E-state index contributed by atoms with van der Waals surface area (Å²) in [6.07, 6.45) is 4.28. The van der Waals surface area contributed by atoms with Gasteiger partial charge in [0, 0.05) is 9.50 Å². The first kappa shape index (κ1) is 11.4. The van der Waals surface area contributed by atoms with E-state index in [4.69, 9.17) is 11.6 Å². The van der Waals surface area contributed by atoms with Crippen molar-refractivity contribution in [3.63, 3.8) is 0 Å². The first-order valence-electron chi connectivity index (χ1n) is 5.29. The number of aliphatic hydroxyl groups is 1. The second kappa shape index (κ2) is 4.86. The molecule has 1 nitrogen and oxygen atoms in total. The van der Waals surface area contributed by atoms with Gasteiger partial charge in [0.1, 0.15) is 0 Å². The van der Waals surface area contributed by atoms with Crippen LogP contribution in [-0.4, -0.2) is 5.11 Å². The minimum absolute atomic E-state index is 0.374. The van der Waals surface area contributed by atoms with E-state index < -0.39 is 0 Å². The molecule has 82 valence electrons. The summed E-state index contributed by atoms with van der Waals surface area (Å²) >= 11 is 9.31. The maximum Gasteiger partial charge on any atom is 0.0791 e. The molecular weight excluding hydrogens is 275 g/mol. The molecule has 15 heavy (non-hydrogen) atoms. The van der Waals surface area contributed by atoms with E-state index in [1.807, 2.05) is 18.2 Å². The fourth-order valence-electron chi connectivity index (χ4n) is 1.73. The summed E-state index contributed by atoms with van der Waals surface area (Å²) in [5, 5.41) is 10.6. The third kappa shape index (κ3) is 3.47. The van der Waals surface area contributed by atoms with Gasteiger partial charge in [0.05, 0.1) is 6.10 Å². The van der Waals surface area contributed by atoms with E-state index in [1.54, 1.807) is 0 Å². The molecule has 1 fully saturated rings. The molecule has 0 aliphatic heterocycles. The van der Waals surface area contributed by atoms with Crippen LogP contribution in [0.4, 0.5) is 0 Å². The fraction of sp³-hybridized carbons (Fsp3) is 0.500. The smallest absolute Gasteiger partial charge is 0.0791 e. The van der Waals surface area contributed by atoms with Gasteiger partial charge in [-0.3, -0.25) is 0 Å². The van der Waals surface area contributed by atoms with E-state index in [0.717, 1.165) is 28.8 Å². The molecule has 0 heterocycles. The minimum Gasteiger partial charge on any atom is -0.388 e. The van der Waals surface area contributed by atoms with Crippen LogP contribution in [0, 0.1) is 5.92 Å². The Morgan fingerprint density at radius 2 is 2.13 bits per heavy atom. The highest BCUT2D eigenvalue weighted by Crippen LogP contribution is 2.36. The van der Waals surface area contributed by atoms with Gasteiger partial charge in [-0.2, -0.15) is 0 Å². The Kier molecular flexibility index (Phi) is 3.70. The van der Waals surface area contributed by atoms with Gasteiger partial charge in [-0.1, -0.05) is 40.4 Å². The maximum absolute atomic E-state index is 9.97. The van der Waals surface area contributed by atoms with Crippen LogP contribution in [0.3, 0.4) is 0 Å². The molecule has 0 spiro atoms. The Balaban J connectivity index is 1.99. The third-order valence-corrected chi connectivity index (χ3v) is 3.49. The molecule has 0 radical (unpaired) electrons. The van der Waals surface area contributed by atoms with E-state index in [0.29, 0.717) is 5.02 Å². The van der Waals surface area contributed by atoms with Crippen LogP contribution in [0.15, 0.2) is 22.7 Å². The summed E-state index contributed by atoms with van der Waals surface area (Å²) in [7, 11) is 0. The van der Waals surface area contributed by atoms with Gasteiger partial charge < -0.3 is 5.11 Å². The van der Waals surface area contributed by atoms with E-state index in [-0.39, 0.29) is 6.10 Å². The van der Waals surface area contributed by atoms with Gasteiger partial charge in [0.15, 0.2) is 0 Å². The highest BCUT2D eigenvalue weighted by molar-refractivity contribution is 9.10. The monoisotopic (exact) mass is 288 g/mol. The summed E-state index contributed by atoms with van der Waals surface area (Å²) in [6.45, 7) is 0. The average molecular weight is 290 g/mol. The summed E-state index contributed by atoms with van der Waals surface area (Å²) in [4.78, 5) is 0. The summed E-state index contributed by atoms with van der Waals surface area (Å²) in [5.41, 5.74) is 0.912. The zero-order chi connectivity index (χ0) is 10.8. The minimum atomic E-state index is -0.374. The topological polar surface area (TPSA) is 20.2 Å².